The molecule has 0 unspecified atom stereocenters. The SMILES string of the molecule is B[C@H](C(N)=O)C(C)C. The molecule has 0 bridgehead atoms. The van der Waals surface area contributed by atoms with Gasteiger partial charge in [-0.3, -0.25) is 4.79 Å². The fourth-order valence-electron chi connectivity index (χ4n) is 0.329. The normalized spacial score (nSPS) is 13.9. The number of primary amides is 1. The Bertz CT molecular complexity index is 92.4. The molecule has 0 spiro atoms. The number of hydrogen-bond donors (Lipinski definition) is 1. The van der Waals surface area contributed by atoms with E-state index in [0.29, 0.717) is 5.92 Å². The van der Waals surface area contributed by atoms with Gasteiger partial charge in [0.05, 0.1) is 0 Å². The van der Waals surface area contributed by atoms with Crippen LogP contribution in [0.2, 0.25) is 5.82 Å². The van der Waals surface area contributed by atoms with Crippen LogP contribution in [0.15, 0.2) is 0 Å². The number of carbonyl (C=O) groups is 1. The Labute approximate surface area is 50.9 Å². The largest absolute Gasteiger partial charge is 0.370 e. The second kappa shape index (κ2) is 2.75. The minimum atomic E-state index is -0.208. The summed E-state index contributed by atoms with van der Waals surface area (Å²) in [6.45, 7) is 3.96. The molecule has 0 aliphatic heterocycles. The summed E-state index contributed by atoms with van der Waals surface area (Å²) in [6.07, 6.45) is 0. The second-order valence-electron chi connectivity index (χ2n) is 2.44. The zero-order valence-corrected chi connectivity index (χ0v) is 5.64. The highest BCUT2D eigenvalue weighted by molar-refractivity contribution is 6.23. The van der Waals surface area contributed by atoms with Crippen LogP contribution in [-0.2, 0) is 4.79 Å². The maximum absolute atomic E-state index is 10.4. The molecule has 0 aromatic rings. The van der Waals surface area contributed by atoms with Crippen LogP contribution in [0, 0.1) is 5.92 Å². The molecule has 0 rings (SSSR count). The quantitative estimate of drug-likeness (QED) is 0.484. The maximum Gasteiger partial charge on any atom is 0.212 e. The van der Waals surface area contributed by atoms with E-state index in [1.54, 1.807) is 0 Å². The molecule has 0 aliphatic rings. The van der Waals surface area contributed by atoms with Crippen molar-refractivity contribution in [2.45, 2.75) is 19.7 Å². The van der Waals surface area contributed by atoms with Gasteiger partial charge in [0.1, 0.15) is 7.85 Å². The number of hydrogen-bond acceptors (Lipinski definition) is 1. The van der Waals surface area contributed by atoms with Crippen LogP contribution < -0.4 is 5.73 Å². The fraction of sp³-hybridized carbons (Fsp3) is 0.800. The Hall–Kier alpha value is -0.465. The Kier molecular flexibility index (Phi) is 2.59. The molecule has 0 radical (unpaired) electrons. The van der Waals surface area contributed by atoms with Gasteiger partial charge in [0, 0.05) is 5.82 Å². The summed E-state index contributed by atoms with van der Waals surface area (Å²) in [6, 6.07) is 0. The number of carbonyl (C=O) groups excluding carboxylic acids is 1. The van der Waals surface area contributed by atoms with E-state index < -0.39 is 0 Å². The summed E-state index contributed by atoms with van der Waals surface area (Å²) < 4.78 is 0. The lowest BCUT2D eigenvalue weighted by Crippen LogP contribution is -2.22. The zero-order chi connectivity index (χ0) is 6.73. The number of rotatable bonds is 2. The third kappa shape index (κ3) is 2.00. The molecule has 2 nitrogen and oxygen atoms in total. The molecular weight excluding hydrogens is 101 g/mol. The van der Waals surface area contributed by atoms with Crippen LogP contribution in [0.1, 0.15) is 13.8 Å². The van der Waals surface area contributed by atoms with E-state index in [0.717, 1.165) is 0 Å². The van der Waals surface area contributed by atoms with Crippen LogP contribution in [0.4, 0.5) is 0 Å². The van der Waals surface area contributed by atoms with Crippen molar-refractivity contribution >= 4 is 13.8 Å². The average Bonchev–Trinajstić information content (AvgIpc) is 1.64. The maximum atomic E-state index is 10.4. The third-order valence-corrected chi connectivity index (χ3v) is 1.45. The van der Waals surface area contributed by atoms with E-state index in [4.69, 9.17) is 5.73 Å². The molecule has 3 heteroatoms. The summed E-state index contributed by atoms with van der Waals surface area (Å²) in [7, 11) is 1.84. The molecule has 8 heavy (non-hydrogen) atoms. The van der Waals surface area contributed by atoms with E-state index in [9.17, 15) is 4.79 Å². The van der Waals surface area contributed by atoms with Gasteiger partial charge in [0.15, 0.2) is 0 Å². The van der Waals surface area contributed by atoms with Crippen molar-refractivity contribution in [3.05, 3.63) is 0 Å². The highest BCUT2D eigenvalue weighted by Gasteiger charge is 2.11. The lowest BCUT2D eigenvalue weighted by molar-refractivity contribution is -0.118. The minimum Gasteiger partial charge on any atom is -0.370 e. The molecule has 2 N–H and O–H groups in total. The van der Waals surface area contributed by atoms with Crippen molar-refractivity contribution < 1.29 is 4.79 Å². The molecule has 1 atom stereocenters. The molecule has 46 valence electrons. The standard InChI is InChI=1S/C5H12BNO/c1-3(2)4(6)5(7)8/h3-4H,6H2,1-2H3,(H2,7,8)/t4-/m0/s1. The molecule has 0 saturated carbocycles. The smallest absolute Gasteiger partial charge is 0.212 e. The van der Waals surface area contributed by atoms with E-state index in [1.165, 1.54) is 0 Å². The Morgan fingerprint density at radius 1 is 1.62 bits per heavy atom. The lowest BCUT2D eigenvalue weighted by atomic mass is 9.78. The molecule has 0 aliphatic carbocycles. The first-order chi connectivity index (χ1) is 3.55. The first kappa shape index (κ1) is 7.53. The molecule has 1 amide bonds. The van der Waals surface area contributed by atoms with Gasteiger partial charge < -0.3 is 5.73 Å². The monoisotopic (exact) mass is 113 g/mol. The molecule has 0 heterocycles. The van der Waals surface area contributed by atoms with Crippen molar-refractivity contribution in [2.75, 3.05) is 0 Å². The van der Waals surface area contributed by atoms with Crippen molar-refractivity contribution in [2.24, 2.45) is 11.7 Å². The summed E-state index contributed by atoms with van der Waals surface area (Å²) in [5, 5.41) is 0. The van der Waals surface area contributed by atoms with Gasteiger partial charge in [-0.1, -0.05) is 13.8 Å². The van der Waals surface area contributed by atoms with Gasteiger partial charge in [-0.05, 0) is 5.92 Å². The van der Waals surface area contributed by atoms with Gasteiger partial charge in [0.25, 0.3) is 0 Å². The summed E-state index contributed by atoms with van der Waals surface area (Å²) in [4.78, 5) is 10.4. The molecule has 0 saturated heterocycles. The molecule has 0 aromatic heterocycles. The van der Waals surface area contributed by atoms with Crippen LogP contribution in [0.5, 0.6) is 0 Å². The third-order valence-electron chi connectivity index (χ3n) is 1.45. The van der Waals surface area contributed by atoms with E-state index in [2.05, 4.69) is 0 Å². The van der Waals surface area contributed by atoms with E-state index >= 15 is 0 Å². The first-order valence-electron chi connectivity index (χ1n) is 2.85. The van der Waals surface area contributed by atoms with Crippen LogP contribution in [0.3, 0.4) is 0 Å². The predicted molar refractivity (Wildman–Crippen MR) is 36.3 cm³/mol. The fourth-order valence-corrected chi connectivity index (χ4v) is 0.329. The molecule has 0 fully saturated rings. The highest BCUT2D eigenvalue weighted by Crippen LogP contribution is 2.10. The second-order valence-corrected chi connectivity index (χ2v) is 2.44. The Morgan fingerprint density at radius 2 is 2.00 bits per heavy atom. The van der Waals surface area contributed by atoms with E-state index in [1.807, 2.05) is 21.7 Å². The average molecular weight is 113 g/mol. The predicted octanol–water partition coefficient (Wildman–Crippen LogP) is -0.451. The summed E-state index contributed by atoms with van der Waals surface area (Å²) in [5.41, 5.74) is 5.00. The van der Waals surface area contributed by atoms with Crippen molar-refractivity contribution in [3.63, 3.8) is 0 Å². The van der Waals surface area contributed by atoms with E-state index in [-0.39, 0.29) is 11.7 Å². The number of amides is 1. The van der Waals surface area contributed by atoms with Crippen molar-refractivity contribution in [1.82, 2.24) is 0 Å². The van der Waals surface area contributed by atoms with Gasteiger partial charge in [-0.15, -0.1) is 0 Å². The van der Waals surface area contributed by atoms with Crippen LogP contribution in [0.25, 0.3) is 0 Å². The zero-order valence-electron chi connectivity index (χ0n) is 5.64. The summed E-state index contributed by atoms with van der Waals surface area (Å²) in [5.74, 6) is 0.169. The first-order valence-corrected chi connectivity index (χ1v) is 2.85. The number of nitrogens with two attached hydrogens (primary N) is 1. The van der Waals surface area contributed by atoms with Crippen molar-refractivity contribution in [3.8, 4) is 0 Å². The van der Waals surface area contributed by atoms with Gasteiger partial charge in [-0.25, -0.2) is 0 Å². The van der Waals surface area contributed by atoms with Crippen molar-refractivity contribution in [1.29, 1.82) is 0 Å². The lowest BCUT2D eigenvalue weighted by Gasteiger charge is -2.09. The highest BCUT2D eigenvalue weighted by atomic mass is 16.1. The van der Waals surface area contributed by atoms with Gasteiger partial charge >= 0.3 is 0 Å². The minimum absolute atomic E-state index is 0.00926. The van der Waals surface area contributed by atoms with Crippen LogP contribution in [-0.4, -0.2) is 13.8 Å². The summed E-state index contributed by atoms with van der Waals surface area (Å²) >= 11 is 0. The molecule has 0 aromatic carbocycles. The molecular formula is C5H12BNO. The van der Waals surface area contributed by atoms with Gasteiger partial charge in [-0.2, -0.15) is 0 Å². The van der Waals surface area contributed by atoms with Crippen LogP contribution >= 0.6 is 0 Å². The Balaban J connectivity index is 3.64. The topological polar surface area (TPSA) is 43.1 Å². The Morgan fingerprint density at radius 3 is 2.00 bits per heavy atom. The van der Waals surface area contributed by atoms with Gasteiger partial charge in [0.2, 0.25) is 5.91 Å².